The number of imidazole rings is 1. The van der Waals surface area contributed by atoms with Crippen molar-refractivity contribution in [2.75, 3.05) is 6.61 Å². The summed E-state index contributed by atoms with van der Waals surface area (Å²) in [5, 5.41) is 11.9. The second-order valence-corrected chi connectivity index (χ2v) is 7.06. The van der Waals surface area contributed by atoms with Crippen molar-refractivity contribution in [3.8, 4) is 11.1 Å². The molecule has 1 atom stereocenters. The van der Waals surface area contributed by atoms with Gasteiger partial charge < -0.3 is 19.7 Å². The molecule has 1 amide bonds. The summed E-state index contributed by atoms with van der Waals surface area (Å²) in [6.07, 6.45) is 2.54. The minimum Gasteiger partial charge on any atom is -0.480 e. The number of ether oxygens (including phenoxy) is 1. The van der Waals surface area contributed by atoms with Crippen molar-refractivity contribution < 1.29 is 19.4 Å². The summed E-state index contributed by atoms with van der Waals surface area (Å²) in [5.41, 5.74) is 5.18. The molecule has 2 aromatic carbocycles. The number of alkyl carbamates (subject to hydrolysis) is 1. The molecule has 2 N–H and O–H groups in total. The lowest BCUT2D eigenvalue weighted by Gasteiger charge is -2.17. The Labute approximate surface area is 168 Å². The zero-order valence-electron chi connectivity index (χ0n) is 15.9. The Bertz CT molecular complexity index is 1010. The van der Waals surface area contributed by atoms with E-state index in [4.69, 9.17) is 4.74 Å². The Hall–Kier alpha value is -3.61. The first-order chi connectivity index (χ1) is 14.0. The monoisotopic (exact) mass is 391 g/mol. The van der Waals surface area contributed by atoms with Gasteiger partial charge >= 0.3 is 12.1 Å². The zero-order valence-corrected chi connectivity index (χ0v) is 15.9. The number of aliphatic carboxylic acids is 1. The molecule has 4 rings (SSSR count). The van der Waals surface area contributed by atoms with Gasteiger partial charge in [0.1, 0.15) is 12.6 Å². The summed E-state index contributed by atoms with van der Waals surface area (Å²) in [5.74, 6) is -1.20. The van der Waals surface area contributed by atoms with E-state index in [0.29, 0.717) is 5.69 Å². The Morgan fingerprint density at radius 1 is 1.14 bits per heavy atom. The Morgan fingerprint density at radius 2 is 1.76 bits per heavy atom. The average molecular weight is 391 g/mol. The van der Waals surface area contributed by atoms with E-state index < -0.39 is 18.1 Å². The minimum atomic E-state index is -1.13. The standard InChI is InChI=1S/C22H21N3O4/c1-25-13-23-11-14(25)10-20(21(26)27)24-22(28)29-12-19-17-8-4-2-6-15(17)16-7-3-5-9-18(16)19/h2-9,11,13,19-20H,10,12H2,1H3,(H,24,28)(H,26,27)/t20-/m1/s1. The van der Waals surface area contributed by atoms with Crippen LogP contribution in [0.2, 0.25) is 0 Å². The molecular formula is C22H21N3O4. The highest BCUT2D eigenvalue weighted by Crippen LogP contribution is 2.44. The third-order valence-electron chi connectivity index (χ3n) is 5.26. The average Bonchev–Trinajstić information content (AvgIpc) is 3.27. The highest BCUT2D eigenvalue weighted by atomic mass is 16.5. The zero-order chi connectivity index (χ0) is 20.4. The molecule has 0 unspecified atom stereocenters. The molecule has 0 bridgehead atoms. The quantitative estimate of drug-likeness (QED) is 0.674. The van der Waals surface area contributed by atoms with Crippen molar-refractivity contribution in [3.05, 3.63) is 77.9 Å². The summed E-state index contributed by atoms with van der Waals surface area (Å²) in [6, 6.07) is 15.0. The molecule has 1 heterocycles. The minimum absolute atomic E-state index is 0.0755. The van der Waals surface area contributed by atoms with Crippen LogP contribution in [0.3, 0.4) is 0 Å². The third kappa shape index (κ3) is 3.71. The van der Waals surface area contributed by atoms with Crippen molar-refractivity contribution in [2.24, 2.45) is 7.05 Å². The predicted molar refractivity (Wildman–Crippen MR) is 107 cm³/mol. The number of hydrogen-bond donors (Lipinski definition) is 2. The largest absolute Gasteiger partial charge is 0.480 e. The van der Waals surface area contributed by atoms with E-state index >= 15 is 0 Å². The molecule has 0 aliphatic heterocycles. The maximum Gasteiger partial charge on any atom is 0.407 e. The summed E-state index contributed by atoms with van der Waals surface area (Å²) >= 11 is 0. The van der Waals surface area contributed by atoms with Crippen LogP contribution in [0.25, 0.3) is 11.1 Å². The lowest BCUT2D eigenvalue weighted by atomic mass is 9.98. The van der Waals surface area contributed by atoms with Crippen molar-refractivity contribution in [1.29, 1.82) is 0 Å². The Balaban J connectivity index is 1.44. The van der Waals surface area contributed by atoms with Crippen LogP contribution in [-0.4, -0.2) is 39.4 Å². The topological polar surface area (TPSA) is 93.5 Å². The van der Waals surface area contributed by atoms with Crippen LogP contribution in [0.15, 0.2) is 61.1 Å². The molecule has 0 fully saturated rings. The SMILES string of the molecule is Cn1cncc1C[C@@H](NC(=O)OCC1c2ccccc2-c2ccccc21)C(=O)O. The van der Waals surface area contributed by atoms with E-state index in [1.807, 2.05) is 36.4 Å². The van der Waals surface area contributed by atoms with Crippen molar-refractivity contribution in [3.63, 3.8) is 0 Å². The van der Waals surface area contributed by atoms with Crippen molar-refractivity contribution in [2.45, 2.75) is 18.4 Å². The van der Waals surface area contributed by atoms with Gasteiger partial charge in [-0.3, -0.25) is 0 Å². The number of carbonyl (C=O) groups excluding carboxylic acids is 1. The van der Waals surface area contributed by atoms with Crippen LogP contribution in [0.1, 0.15) is 22.7 Å². The van der Waals surface area contributed by atoms with Gasteiger partial charge in [0.2, 0.25) is 0 Å². The van der Waals surface area contributed by atoms with Gasteiger partial charge in [-0.25, -0.2) is 14.6 Å². The Kier molecular flexibility index (Phi) is 5.03. The number of carbonyl (C=O) groups is 2. The van der Waals surface area contributed by atoms with E-state index in [0.717, 1.165) is 22.3 Å². The molecule has 29 heavy (non-hydrogen) atoms. The van der Waals surface area contributed by atoms with Crippen LogP contribution in [0, 0.1) is 0 Å². The number of rotatable bonds is 6. The molecular weight excluding hydrogens is 370 g/mol. The highest BCUT2D eigenvalue weighted by Gasteiger charge is 2.30. The number of benzene rings is 2. The van der Waals surface area contributed by atoms with Crippen LogP contribution < -0.4 is 5.32 Å². The summed E-state index contributed by atoms with van der Waals surface area (Å²) in [4.78, 5) is 27.9. The Morgan fingerprint density at radius 3 is 2.31 bits per heavy atom. The lowest BCUT2D eigenvalue weighted by Crippen LogP contribution is -2.43. The van der Waals surface area contributed by atoms with Gasteiger partial charge in [-0.1, -0.05) is 48.5 Å². The molecule has 0 radical (unpaired) electrons. The number of aromatic nitrogens is 2. The molecule has 1 aliphatic rings. The van der Waals surface area contributed by atoms with Crippen LogP contribution in [0.5, 0.6) is 0 Å². The first-order valence-corrected chi connectivity index (χ1v) is 9.34. The van der Waals surface area contributed by atoms with Gasteiger partial charge in [-0.2, -0.15) is 0 Å². The number of aryl methyl sites for hydroxylation is 1. The maximum absolute atomic E-state index is 12.3. The fraction of sp³-hybridized carbons (Fsp3) is 0.227. The van der Waals surface area contributed by atoms with E-state index in [1.54, 1.807) is 24.1 Å². The summed E-state index contributed by atoms with van der Waals surface area (Å²) in [7, 11) is 1.77. The number of hydrogen-bond acceptors (Lipinski definition) is 4. The third-order valence-corrected chi connectivity index (χ3v) is 5.26. The van der Waals surface area contributed by atoms with E-state index in [-0.39, 0.29) is 18.9 Å². The predicted octanol–water partition coefficient (Wildman–Crippen LogP) is 2.95. The number of fused-ring (bicyclic) bond motifs is 3. The van der Waals surface area contributed by atoms with Crippen molar-refractivity contribution >= 4 is 12.1 Å². The smallest absolute Gasteiger partial charge is 0.407 e. The number of amides is 1. The van der Waals surface area contributed by atoms with Gasteiger partial charge in [0.25, 0.3) is 0 Å². The lowest BCUT2D eigenvalue weighted by molar-refractivity contribution is -0.139. The summed E-state index contributed by atoms with van der Waals surface area (Å²) in [6.45, 7) is 0.137. The molecule has 7 nitrogen and oxygen atoms in total. The molecule has 148 valence electrons. The number of carboxylic acids is 1. The fourth-order valence-electron chi connectivity index (χ4n) is 3.77. The molecule has 0 saturated carbocycles. The molecule has 1 aliphatic carbocycles. The highest BCUT2D eigenvalue weighted by molar-refractivity contribution is 5.81. The maximum atomic E-state index is 12.3. The van der Waals surface area contributed by atoms with Crippen LogP contribution in [-0.2, 0) is 23.0 Å². The van der Waals surface area contributed by atoms with Crippen LogP contribution >= 0.6 is 0 Å². The second-order valence-electron chi connectivity index (χ2n) is 7.06. The van der Waals surface area contributed by atoms with E-state index in [9.17, 15) is 14.7 Å². The fourth-order valence-corrected chi connectivity index (χ4v) is 3.77. The molecule has 0 saturated heterocycles. The van der Waals surface area contributed by atoms with Gasteiger partial charge in [0.15, 0.2) is 0 Å². The molecule has 7 heteroatoms. The molecule has 3 aromatic rings. The van der Waals surface area contributed by atoms with E-state index in [2.05, 4.69) is 22.4 Å². The molecule has 0 spiro atoms. The van der Waals surface area contributed by atoms with Gasteiger partial charge in [0.05, 0.1) is 6.33 Å². The summed E-state index contributed by atoms with van der Waals surface area (Å²) < 4.78 is 7.15. The first-order valence-electron chi connectivity index (χ1n) is 9.34. The van der Waals surface area contributed by atoms with Gasteiger partial charge in [0, 0.05) is 31.3 Å². The van der Waals surface area contributed by atoms with Crippen molar-refractivity contribution in [1.82, 2.24) is 14.9 Å². The van der Waals surface area contributed by atoms with Gasteiger partial charge in [-0.15, -0.1) is 0 Å². The number of nitrogens with one attached hydrogen (secondary N) is 1. The second kappa shape index (κ2) is 7.79. The normalized spacial score (nSPS) is 13.4. The number of carboxylic acid groups (broad SMARTS) is 1. The van der Waals surface area contributed by atoms with E-state index in [1.165, 1.54) is 0 Å². The molecule has 1 aromatic heterocycles. The number of nitrogens with zero attached hydrogens (tertiary/aromatic N) is 2. The van der Waals surface area contributed by atoms with Crippen LogP contribution in [0.4, 0.5) is 4.79 Å². The van der Waals surface area contributed by atoms with Gasteiger partial charge in [-0.05, 0) is 22.3 Å². The first kappa shape index (κ1) is 18.7.